The number of nitrogens with zero attached hydrogens (tertiary/aromatic N) is 1. The number of aliphatic hydroxyl groups is 1. The van der Waals surface area contributed by atoms with Crippen molar-refractivity contribution in [1.82, 2.24) is 5.32 Å². The van der Waals surface area contributed by atoms with Crippen LogP contribution in [0.4, 0.5) is 9.80 Å². The van der Waals surface area contributed by atoms with Gasteiger partial charge < -0.3 is 20.5 Å². The minimum atomic E-state index is -0.427. The Hall–Kier alpha value is -2.67. The van der Waals surface area contributed by atoms with Crippen LogP contribution in [-0.2, 0) is 22.4 Å². The zero-order valence-corrected chi connectivity index (χ0v) is 19.1. The van der Waals surface area contributed by atoms with Gasteiger partial charge in [-0.2, -0.15) is 16.6 Å². The van der Waals surface area contributed by atoms with E-state index in [-0.39, 0.29) is 24.2 Å². The molecule has 0 aromatic carbocycles. The van der Waals surface area contributed by atoms with Crippen LogP contribution < -0.4 is 10.6 Å². The van der Waals surface area contributed by atoms with Gasteiger partial charge >= 0.3 is 6.09 Å². The lowest BCUT2D eigenvalue weighted by Gasteiger charge is -2.28. The number of thiophene rings is 2. The van der Waals surface area contributed by atoms with Gasteiger partial charge in [0.2, 0.25) is 5.91 Å². The summed E-state index contributed by atoms with van der Waals surface area (Å²) in [4.78, 5) is 25.6. The van der Waals surface area contributed by atoms with Gasteiger partial charge in [-0.15, -0.1) is 11.3 Å². The van der Waals surface area contributed by atoms with Crippen LogP contribution in [0.15, 0.2) is 22.9 Å². The minimum absolute atomic E-state index is 0.0425. The molecule has 0 radical (unpaired) electrons. The van der Waals surface area contributed by atoms with E-state index in [1.807, 2.05) is 16.8 Å². The molecule has 3 N–H and O–H groups in total. The Bertz CT molecular complexity index is 1030. The average Bonchev–Trinajstić information content (AvgIpc) is 3.40. The first-order valence-corrected chi connectivity index (χ1v) is 12.5. The van der Waals surface area contributed by atoms with Crippen LogP contribution in [0.2, 0.25) is 0 Å². The van der Waals surface area contributed by atoms with Gasteiger partial charge in [-0.05, 0) is 72.6 Å². The highest BCUT2D eigenvalue weighted by Gasteiger charge is 2.29. The summed E-state index contributed by atoms with van der Waals surface area (Å²) in [7, 11) is 0. The van der Waals surface area contributed by atoms with Gasteiger partial charge in [0.25, 0.3) is 0 Å². The Morgan fingerprint density at radius 3 is 2.78 bits per heavy atom. The van der Waals surface area contributed by atoms with E-state index in [1.54, 1.807) is 17.4 Å². The molecule has 2 heterocycles. The summed E-state index contributed by atoms with van der Waals surface area (Å²) in [5, 5.41) is 29.4. The molecule has 1 atom stereocenters. The lowest BCUT2D eigenvalue weighted by Crippen LogP contribution is -2.41. The van der Waals surface area contributed by atoms with Crippen molar-refractivity contribution in [1.29, 1.82) is 5.26 Å². The molecule has 1 fully saturated rings. The molecule has 0 spiro atoms. The predicted octanol–water partition coefficient (Wildman–Crippen LogP) is 4.22. The Morgan fingerprint density at radius 1 is 1.25 bits per heavy atom. The molecule has 2 aliphatic rings. The number of anilines is 1. The molecule has 1 unspecified atom stereocenters. The van der Waals surface area contributed by atoms with Crippen LogP contribution in [0.1, 0.15) is 53.7 Å². The molecule has 32 heavy (non-hydrogen) atoms. The van der Waals surface area contributed by atoms with Gasteiger partial charge in [-0.3, -0.25) is 4.79 Å². The molecule has 9 heteroatoms. The normalized spacial score (nSPS) is 22.7. The van der Waals surface area contributed by atoms with E-state index in [2.05, 4.69) is 16.7 Å². The van der Waals surface area contributed by atoms with E-state index in [9.17, 15) is 20.0 Å². The van der Waals surface area contributed by atoms with Crippen LogP contribution in [0.3, 0.4) is 0 Å². The molecule has 168 valence electrons. The third kappa shape index (κ3) is 5.57. The number of nitrogens with one attached hydrogen (secondary N) is 2. The number of nitriles is 1. The standard InChI is InChI=1S/C23H25N3O4S2/c24-12-19-18-7-6-17(30-23(29)25-15-2-4-16(27)5-3-15)11-20(18)32-22(19)26-21(28)8-1-14-9-10-31-13-14/h1,8-10,13,15-17,27H,2-7,11H2,(H,25,29)(H,26,28). The molecule has 7 nitrogen and oxygen atoms in total. The van der Waals surface area contributed by atoms with Crippen LogP contribution >= 0.6 is 22.7 Å². The van der Waals surface area contributed by atoms with Crippen molar-refractivity contribution in [3.63, 3.8) is 0 Å². The zero-order chi connectivity index (χ0) is 22.5. The Labute approximate surface area is 194 Å². The molecule has 2 amide bonds. The minimum Gasteiger partial charge on any atom is -0.446 e. The summed E-state index contributed by atoms with van der Waals surface area (Å²) in [6, 6.07) is 4.19. The lowest BCUT2D eigenvalue weighted by atomic mass is 9.93. The number of aliphatic hydroxyl groups excluding tert-OH is 1. The third-order valence-electron chi connectivity index (χ3n) is 5.83. The number of carbonyl (C=O) groups is 2. The maximum absolute atomic E-state index is 12.3. The van der Waals surface area contributed by atoms with Gasteiger partial charge in [-0.1, -0.05) is 0 Å². The molecule has 4 rings (SSSR count). The smallest absolute Gasteiger partial charge is 0.407 e. The first-order chi connectivity index (χ1) is 15.5. The van der Waals surface area contributed by atoms with Crippen molar-refractivity contribution in [2.24, 2.45) is 0 Å². The number of carbonyl (C=O) groups excluding carboxylic acids is 2. The highest BCUT2D eigenvalue weighted by Crippen LogP contribution is 2.38. The zero-order valence-electron chi connectivity index (χ0n) is 17.5. The highest BCUT2D eigenvalue weighted by molar-refractivity contribution is 7.16. The van der Waals surface area contributed by atoms with Crippen LogP contribution in [0, 0.1) is 11.3 Å². The maximum atomic E-state index is 12.3. The number of ether oxygens (including phenoxy) is 1. The van der Waals surface area contributed by atoms with Crippen LogP contribution in [0.25, 0.3) is 6.08 Å². The second-order valence-corrected chi connectivity index (χ2v) is 10.0. The summed E-state index contributed by atoms with van der Waals surface area (Å²) in [5.74, 6) is -0.281. The fourth-order valence-corrected chi connectivity index (χ4v) is 6.02. The number of amides is 2. The number of alkyl carbamates (subject to hydrolysis) is 1. The molecule has 1 saturated carbocycles. The number of hydrogen-bond acceptors (Lipinski definition) is 7. The van der Waals surface area contributed by atoms with Gasteiger partial charge in [0.05, 0.1) is 11.7 Å². The van der Waals surface area contributed by atoms with Gasteiger partial charge in [-0.25, -0.2) is 4.79 Å². The lowest BCUT2D eigenvalue weighted by molar-refractivity contribution is -0.111. The second-order valence-electron chi connectivity index (χ2n) is 8.12. The number of fused-ring (bicyclic) bond motifs is 1. The van der Waals surface area contributed by atoms with E-state index >= 15 is 0 Å². The van der Waals surface area contributed by atoms with Crippen molar-refractivity contribution >= 4 is 45.8 Å². The summed E-state index contributed by atoms with van der Waals surface area (Å²) < 4.78 is 5.64. The first kappa shape index (κ1) is 22.5. The van der Waals surface area contributed by atoms with Crippen molar-refractivity contribution in [2.45, 2.75) is 63.2 Å². The Morgan fingerprint density at radius 2 is 2.06 bits per heavy atom. The fourth-order valence-electron chi connectivity index (χ4n) is 4.13. The van der Waals surface area contributed by atoms with Crippen LogP contribution in [0.5, 0.6) is 0 Å². The van der Waals surface area contributed by atoms with E-state index in [0.29, 0.717) is 42.7 Å². The highest BCUT2D eigenvalue weighted by atomic mass is 32.1. The molecule has 0 saturated heterocycles. The van der Waals surface area contributed by atoms with Crippen molar-refractivity contribution < 1.29 is 19.4 Å². The molecular formula is C23H25N3O4S2. The van der Waals surface area contributed by atoms with Crippen molar-refractivity contribution in [3.05, 3.63) is 44.5 Å². The second kappa shape index (κ2) is 10.3. The molecular weight excluding hydrogens is 446 g/mol. The SMILES string of the molecule is N#Cc1c(NC(=O)C=Cc2ccsc2)sc2c1CCC(OC(=O)NC1CCC(O)CC1)C2. The third-order valence-corrected chi connectivity index (χ3v) is 7.70. The van der Waals surface area contributed by atoms with Crippen molar-refractivity contribution in [2.75, 3.05) is 5.32 Å². The molecule has 0 aliphatic heterocycles. The van der Waals surface area contributed by atoms with Crippen LogP contribution in [-0.4, -0.2) is 35.4 Å². The Balaban J connectivity index is 1.35. The number of rotatable bonds is 5. The van der Waals surface area contributed by atoms with E-state index in [1.165, 1.54) is 17.4 Å². The van der Waals surface area contributed by atoms with Gasteiger partial charge in [0, 0.05) is 23.4 Å². The van der Waals surface area contributed by atoms with Gasteiger partial charge in [0.15, 0.2) is 0 Å². The summed E-state index contributed by atoms with van der Waals surface area (Å²) >= 11 is 2.94. The Kier molecular flexibility index (Phi) is 7.25. The van der Waals surface area contributed by atoms with Crippen molar-refractivity contribution in [3.8, 4) is 6.07 Å². The monoisotopic (exact) mass is 471 g/mol. The van der Waals surface area contributed by atoms with E-state index in [0.717, 1.165) is 28.8 Å². The maximum Gasteiger partial charge on any atom is 0.407 e. The molecule has 2 aliphatic carbocycles. The topological polar surface area (TPSA) is 111 Å². The summed E-state index contributed by atoms with van der Waals surface area (Å²) in [6.45, 7) is 0. The van der Waals surface area contributed by atoms with Gasteiger partial charge in [0.1, 0.15) is 17.2 Å². The largest absolute Gasteiger partial charge is 0.446 e. The van der Waals surface area contributed by atoms with E-state index in [4.69, 9.17) is 4.74 Å². The first-order valence-electron chi connectivity index (χ1n) is 10.7. The fraction of sp³-hybridized carbons (Fsp3) is 0.435. The average molecular weight is 472 g/mol. The molecule has 0 bridgehead atoms. The van der Waals surface area contributed by atoms with E-state index < -0.39 is 6.09 Å². The quantitative estimate of drug-likeness (QED) is 0.566. The predicted molar refractivity (Wildman–Crippen MR) is 125 cm³/mol. The number of hydrogen-bond donors (Lipinski definition) is 3. The molecule has 2 aromatic rings. The summed E-state index contributed by atoms with van der Waals surface area (Å²) in [5.41, 5.74) is 2.40. The summed E-state index contributed by atoms with van der Waals surface area (Å²) in [6.07, 6.45) is 6.94. The molecule has 2 aromatic heterocycles.